The molecule has 0 unspecified atom stereocenters. The van der Waals surface area contributed by atoms with E-state index in [1.165, 1.54) is 5.56 Å². The Bertz CT molecular complexity index is 477. The number of benzene rings is 1. The summed E-state index contributed by atoms with van der Waals surface area (Å²) in [4.78, 5) is 14.2. The maximum absolute atomic E-state index is 11.8. The van der Waals surface area contributed by atoms with Gasteiger partial charge in [0.2, 0.25) is 0 Å². The second-order valence-corrected chi connectivity index (χ2v) is 5.96. The van der Waals surface area contributed by atoms with Gasteiger partial charge in [0.25, 0.3) is 5.91 Å². The van der Waals surface area contributed by atoms with Gasteiger partial charge in [-0.3, -0.25) is 9.69 Å². The third-order valence-electron chi connectivity index (χ3n) is 3.85. The van der Waals surface area contributed by atoms with E-state index in [9.17, 15) is 4.79 Å². The second kappa shape index (κ2) is 10.5. The Balaban J connectivity index is 0.00000264. The normalized spacial score (nSPS) is 15.1. The van der Waals surface area contributed by atoms with Crippen LogP contribution < -0.4 is 15.4 Å². The first-order chi connectivity index (χ1) is 10.6. The molecule has 0 saturated carbocycles. The van der Waals surface area contributed by atoms with Crippen molar-refractivity contribution in [1.82, 2.24) is 15.5 Å². The summed E-state index contributed by atoms with van der Waals surface area (Å²) in [7, 11) is 0. The molecule has 6 heteroatoms. The van der Waals surface area contributed by atoms with Crippen molar-refractivity contribution in [2.75, 3.05) is 45.9 Å². The fourth-order valence-electron chi connectivity index (χ4n) is 2.45. The van der Waals surface area contributed by atoms with Gasteiger partial charge in [0.15, 0.2) is 6.61 Å². The van der Waals surface area contributed by atoms with Gasteiger partial charge >= 0.3 is 0 Å². The molecule has 0 spiro atoms. The minimum absolute atomic E-state index is 0. The number of ether oxygens (including phenoxy) is 1. The van der Waals surface area contributed by atoms with Crippen molar-refractivity contribution in [3.05, 3.63) is 29.8 Å². The average molecular weight is 342 g/mol. The molecule has 2 rings (SSSR count). The van der Waals surface area contributed by atoms with Gasteiger partial charge in [-0.2, -0.15) is 0 Å². The van der Waals surface area contributed by atoms with Crippen LogP contribution in [-0.2, 0) is 4.79 Å². The minimum Gasteiger partial charge on any atom is -0.484 e. The molecule has 1 heterocycles. The highest BCUT2D eigenvalue weighted by Crippen LogP contribution is 2.19. The summed E-state index contributed by atoms with van der Waals surface area (Å²) in [6.07, 6.45) is 0. The zero-order valence-corrected chi connectivity index (χ0v) is 14.8. The molecule has 1 amide bonds. The molecule has 0 bridgehead atoms. The van der Waals surface area contributed by atoms with Crippen molar-refractivity contribution >= 4 is 18.3 Å². The molecule has 1 aliphatic rings. The summed E-state index contributed by atoms with van der Waals surface area (Å²) in [5.41, 5.74) is 1.22. The predicted octanol–water partition coefficient (Wildman–Crippen LogP) is 1.63. The van der Waals surface area contributed by atoms with Crippen LogP contribution in [0.15, 0.2) is 24.3 Å². The van der Waals surface area contributed by atoms with Gasteiger partial charge in [0, 0.05) is 39.3 Å². The lowest BCUT2D eigenvalue weighted by atomic mass is 10.0. The quantitative estimate of drug-likeness (QED) is 0.791. The molecular formula is C17H28ClN3O2. The van der Waals surface area contributed by atoms with Crippen LogP contribution in [-0.4, -0.2) is 56.7 Å². The number of piperazine rings is 1. The summed E-state index contributed by atoms with van der Waals surface area (Å²) in [5, 5.41) is 6.23. The molecule has 1 fully saturated rings. The minimum atomic E-state index is -0.0647. The lowest BCUT2D eigenvalue weighted by Crippen LogP contribution is -2.46. The van der Waals surface area contributed by atoms with E-state index in [-0.39, 0.29) is 24.9 Å². The van der Waals surface area contributed by atoms with Crippen molar-refractivity contribution in [3.8, 4) is 5.75 Å². The zero-order chi connectivity index (χ0) is 15.8. The number of hydrogen-bond acceptors (Lipinski definition) is 4. The SMILES string of the molecule is CC(C)c1cccc(OCC(=O)NCCN2CCNCC2)c1.Cl. The molecule has 0 radical (unpaired) electrons. The van der Waals surface area contributed by atoms with E-state index in [2.05, 4.69) is 35.4 Å². The summed E-state index contributed by atoms with van der Waals surface area (Å²) in [6.45, 7) is 10.1. The van der Waals surface area contributed by atoms with E-state index in [0.29, 0.717) is 12.5 Å². The molecule has 5 nitrogen and oxygen atoms in total. The molecule has 23 heavy (non-hydrogen) atoms. The number of rotatable bonds is 7. The summed E-state index contributed by atoms with van der Waals surface area (Å²) >= 11 is 0. The standard InChI is InChI=1S/C17H27N3O2.ClH/c1-14(2)15-4-3-5-16(12-15)22-13-17(21)19-8-11-20-9-6-18-7-10-20;/h3-5,12,14,18H,6-11,13H2,1-2H3,(H,19,21);1H. The van der Waals surface area contributed by atoms with Crippen LogP contribution in [0.1, 0.15) is 25.3 Å². The van der Waals surface area contributed by atoms with Crippen molar-refractivity contribution in [2.24, 2.45) is 0 Å². The summed E-state index contributed by atoms with van der Waals surface area (Å²) in [5.74, 6) is 1.14. The maximum atomic E-state index is 11.8. The average Bonchev–Trinajstić information content (AvgIpc) is 2.54. The van der Waals surface area contributed by atoms with E-state index in [4.69, 9.17) is 4.74 Å². The third kappa shape index (κ3) is 7.20. The Morgan fingerprint density at radius 1 is 1.35 bits per heavy atom. The Labute approximate surface area is 145 Å². The van der Waals surface area contributed by atoms with Crippen molar-refractivity contribution < 1.29 is 9.53 Å². The Morgan fingerprint density at radius 3 is 2.78 bits per heavy atom. The monoisotopic (exact) mass is 341 g/mol. The van der Waals surface area contributed by atoms with Crippen LogP contribution in [0.3, 0.4) is 0 Å². The van der Waals surface area contributed by atoms with Gasteiger partial charge in [-0.15, -0.1) is 12.4 Å². The topological polar surface area (TPSA) is 53.6 Å². The highest BCUT2D eigenvalue weighted by atomic mass is 35.5. The highest BCUT2D eigenvalue weighted by Gasteiger charge is 2.09. The van der Waals surface area contributed by atoms with Gasteiger partial charge in [-0.05, 0) is 23.6 Å². The molecule has 1 saturated heterocycles. The Kier molecular flexibility index (Phi) is 8.99. The fraction of sp³-hybridized carbons (Fsp3) is 0.588. The van der Waals surface area contributed by atoms with Crippen molar-refractivity contribution in [1.29, 1.82) is 0 Å². The molecular weight excluding hydrogens is 314 g/mol. The molecule has 1 aromatic carbocycles. The number of nitrogens with one attached hydrogen (secondary N) is 2. The highest BCUT2D eigenvalue weighted by molar-refractivity contribution is 5.85. The van der Waals surface area contributed by atoms with Gasteiger partial charge in [0.1, 0.15) is 5.75 Å². The summed E-state index contributed by atoms with van der Waals surface area (Å²) < 4.78 is 5.57. The van der Waals surface area contributed by atoms with Gasteiger partial charge < -0.3 is 15.4 Å². The molecule has 0 aliphatic carbocycles. The predicted molar refractivity (Wildman–Crippen MR) is 95.6 cm³/mol. The third-order valence-corrected chi connectivity index (χ3v) is 3.85. The van der Waals surface area contributed by atoms with Crippen LogP contribution in [0.25, 0.3) is 0 Å². The van der Waals surface area contributed by atoms with E-state index in [0.717, 1.165) is 38.5 Å². The molecule has 0 atom stereocenters. The van der Waals surface area contributed by atoms with E-state index >= 15 is 0 Å². The van der Waals surface area contributed by atoms with E-state index < -0.39 is 0 Å². The van der Waals surface area contributed by atoms with Crippen LogP contribution in [0.4, 0.5) is 0 Å². The van der Waals surface area contributed by atoms with Crippen LogP contribution >= 0.6 is 12.4 Å². The Morgan fingerprint density at radius 2 is 2.09 bits per heavy atom. The van der Waals surface area contributed by atoms with Crippen molar-refractivity contribution in [3.63, 3.8) is 0 Å². The smallest absolute Gasteiger partial charge is 0.257 e. The van der Waals surface area contributed by atoms with Gasteiger partial charge in [0.05, 0.1) is 0 Å². The van der Waals surface area contributed by atoms with Crippen molar-refractivity contribution in [2.45, 2.75) is 19.8 Å². The summed E-state index contributed by atoms with van der Waals surface area (Å²) in [6, 6.07) is 7.93. The van der Waals surface area contributed by atoms with Gasteiger partial charge in [-0.1, -0.05) is 26.0 Å². The van der Waals surface area contributed by atoms with Crippen LogP contribution in [0, 0.1) is 0 Å². The molecule has 2 N–H and O–H groups in total. The van der Waals surface area contributed by atoms with E-state index in [1.807, 2.05) is 18.2 Å². The zero-order valence-electron chi connectivity index (χ0n) is 14.0. The Hall–Kier alpha value is -1.30. The maximum Gasteiger partial charge on any atom is 0.257 e. The molecule has 1 aromatic rings. The fourth-order valence-corrected chi connectivity index (χ4v) is 2.45. The molecule has 1 aliphatic heterocycles. The lowest BCUT2D eigenvalue weighted by Gasteiger charge is -2.27. The van der Waals surface area contributed by atoms with Gasteiger partial charge in [-0.25, -0.2) is 0 Å². The lowest BCUT2D eigenvalue weighted by molar-refractivity contribution is -0.123. The van der Waals surface area contributed by atoms with E-state index in [1.54, 1.807) is 0 Å². The number of halogens is 1. The number of carbonyl (C=O) groups is 1. The number of carbonyl (C=O) groups excluding carboxylic acids is 1. The second-order valence-electron chi connectivity index (χ2n) is 5.96. The van der Waals surface area contributed by atoms with Crippen LogP contribution in [0.5, 0.6) is 5.75 Å². The largest absolute Gasteiger partial charge is 0.484 e. The molecule has 0 aromatic heterocycles. The first kappa shape index (κ1) is 19.7. The number of amides is 1. The number of hydrogen-bond donors (Lipinski definition) is 2. The van der Waals surface area contributed by atoms with Crippen LogP contribution in [0.2, 0.25) is 0 Å². The molecule has 130 valence electrons. The number of nitrogens with zero attached hydrogens (tertiary/aromatic N) is 1. The first-order valence-corrected chi connectivity index (χ1v) is 8.07. The first-order valence-electron chi connectivity index (χ1n) is 8.07.